The van der Waals surface area contributed by atoms with Gasteiger partial charge in [0, 0.05) is 15.9 Å². The minimum atomic E-state index is 0.262. The molecule has 0 N–H and O–H groups in total. The number of hydrogen-bond donors (Lipinski definition) is 0. The number of fused-ring (bicyclic) bond motifs is 4. The number of halogens is 1. The summed E-state index contributed by atoms with van der Waals surface area (Å²) in [6.07, 6.45) is 9.05. The predicted molar refractivity (Wildman–Crippen MR) is 126 cm³/mol. The monoisotopic (exact) mass is 485 g/mol. The molecule has 2 unspecified atom stereocenters. The molecule has 2 atom stereocenters. The van der Waals surface area contributed by atoms with E-state index in [-0.39, 0.29) is 5.37 Å². The van der Waals surface area contributed by atoms with Crippen molar-refractivity contribution in [3.63, 3.8) is 0 Å². The van der Waals surface area contributed by atoms with Gasteiger partial charge in [0.05, 0.1) is 16.5 Å². The van der Waals surface area contributed by atoms with Crippen molar-refractivity contribution in [1.29, 1.82) is 0 Å². The molecule has 1 aliphatic carbocycles. The molecule has 2 aromatic rings. The van der Waals surface area contributed by atoms with Crippen LogP contribution < -0.4 is 0 Å². The lowest BCUT2D eigenvalue weighted by Gasteiger charge is -2.26. The van der Waals surface area contributed by atoms with Gasteiger partial charge < -0.3 is 0 Å². The number of allylic oxidation sites excluding steroid dienone is 1. The van der Waals surface area contributed by atoms with E-state index in [0.29, 0.717) is 5.92 Å². The summed E-state index contributed by atoms with van der Waals surface area (Å²) in [6.45, 7) is 2.26. The number of benzene rings is 1. The highest BCUT2D eigenvalue weighted by Gasteiger charge is 2.43. The summed E-state index contributed by atoms with van der Waals surface area (Å²) in [5.74, 6) is 1.29. The molecule has 0 bridgehead atoms. The number of aliphatic imine (C=N–C) groups is 1. The SMILES string of the molecule is CCCCC1=NC2Sc3c(SCc4ccc(Br)cc4)ncnc3C2C2=C1CCC2. The predicted octanol–water partition coefficient (Wildman–Crippen LogP) is 7.17. The molecule has 0 radical (unpaired) electrons. The van der Waals surface area contributed by atoms with Crippen LogP contribution in [0.1, 0.15) is 62.6 Å². The number of aromatic nitrogens is 2. The molecular formula is C23H24BrN3S2. The van der Waals surface area contributed by atoms with Gasteiger partial charge in [0.15, 0.2) is 0 Å². The number of thioether (sulfide) groups is 2. The Morgan fingerprint density at radius 1 is 1.17 bits per heavy atom. The maximum Gasteiger partial charge on any atom is 0.117 e. The van der Waals surface area contributed by atoms with Crippen molar-refractivity contribution in [3.8, 4) is 0 Å². The van der Waals surface area contributed by atoms with Gasteiger partial charge in [-0.1, -0.05) is 58.7 Å². The van der Waals surface area contributed by atoms with E-state index in [1.807, 2.05) is 23.5 Å². The third-order valence-electron chi connectivity index (χ3n) is 5.94. The van der Waals surface area contributed by atoms with Crippen molar-refractivity contribution in [2.24, 2.45) is 4.99 Å². The first-order chi connectivity index (χ1) is 14.2. The Hall–Kier alpha value is -1.11. The molecule has 29 heavy (non-hydrogen) atoms. The second-order valence-corrected chi connectivity index (χ2v) is 10.8. The summed E-state index contributed by atoms with van der Waals surface area (Å²) in [5.41, 5.74) is 7.12. The van der Waals surface area contributed by atoms with Gasteiger partial charge in [0.2, 0.25) is 0 Å². The number of nitrogens with zero attached hydrogens (tertiary/aromatic N) is 3. The molecule has 0 saturated carbocycles. The summed E-state index contributed by atoms with van der Waals surface area (Å²) >= 11 is 7.23. The van der Waals surface area contributed by atoms with Crippen LogP contribution in [0.4, 0.5) is 0 Å². The van der Waals surface area contributed by atoms with E-state index in [4.69, 9.17) is 9.98 Å². The molecule has 0 fully saturated rings. The van der Waals surface area contributed by atoms with Crippen LogP contribution in [0.3, 0.4) is 0 Å². The molecule has 0 amide bonds. The highest BCUT2D eigenvalue weighted by atomic mass is 79.9. The second kappa shape index (κ2) is 8.56. The van der Waals surface area contributed by atoms with E-state index >= 15 is 0 Å². The highest BCUT2D eigenvalue weighted by molar-refractivity contribution is 9.10. The topological polar surface area (TPSA) is 38.1 Å². The van der Waals surface area contributed by atoms with Gasteiger partial charge in [0.25, 0.3) is 0 Å². The Bertz CT molecular complexity index is 984. The van der Waals surface area contributed by atoms with Crippen molar-refractivity contribution in [3.05, 3.63) is 57.5 Å². The average Bonchev–Trinajstić information content (AvgIpc) is 3.36. The average molecular weight is 487 g/mol. The molecule has 1 aromatic heterocycles. The van der Waals surface area contributed by atoms with Gasteiger partial charge in [-0.3, -0.25) is 4.99 Å². The molecule has 3 aliphatic rings. The summed E-state index contributed by atoms with van der Waals surface area (Å²) in [6, 6.07) is 8.55. The fraction of sp³-hybridized carbons (Fsp3) is 0.435. The maximum atomic E-state index is 5.25. The summed E-state index contributed by atoms with van der Waals surface area (Å²) in [7, 11) is 0. The lowest BCUT2D eigenvalue weighted by molar-refractivity contribution is 0.687. The Balaban J connectivity index is 1.42. The van der Waals surface area contributed by atoms with E-state index in [0.717, 1.165) is 21.7 Å². The molecule has 3 heterocycles. The lowest BCUT2D eigenvalue weighted by atomic mass is 9.87. The lowest BCUT2D eigenvalue weighted by Crippen LogP contribution is -2.21. The van der Waals surface area contributed by atoms with Crippen molar-refractivity contribution in [2.45, 2.75) is 72.4 Å². The zero-order valence-electron chi connectivity index (χ0n) is 16.5. The third kappa shape index (κ3) is 3.84. The Morgan fingerprint density at radius 2 is 2.03 bits per heavy atom. The Labute approximate surface area is 189 Å². The van der Waals surface area contributed by atoms with Gasteiger partial charge in [-0.15, -0.1) is 11.8 Å². The molecule has 150 valence electrons. The van der Waals surface area contributed by atoms with Crippen molar-refractivity contribution < 1.29 is 0 Å². The molecule has 1 aromatic carbocycles. The van der Waals surface area contributed by atoms with Crippen LogP contribution in [0.15, 0.2) is 61.1 Å². The highest BCUT2D eigenvalue weighted by Crippen LogP contribution is 2.56. The largest absolute Gasteiger partial charge is 0.274 e. The number of rotatable bonds is 6. The smallest absolute Gasteiger partial charge is 0.117 e. The first-order valence-electron chi connectivity index (χ1n) is 10.4. The van der Waals surface area contributed by atoms with E-state index in [1.54, 1.807) is 17.5 Å². The van der Waals surface area contributed by atoms with E-state index in [2.05, 4.69) is 52.1 Å². The Kier molecular flexibility index (Phi) is 5.85. The van der Waals surface area contributed by atoms with E-state index in [9.17, 15) is 0 Å². The molecule has 0 spiro atoms. The first kappa shape index (κ1) is 19.8. The summed E-state index contributed by atoms with van der Waals surface area (Å²) < 4.78 is 1.12. The zero-order chi connectivity index (χ0) is 19.8. The van der Waals surface area contributed by atoms with Gasteiger partial charge in [-0.2, -0.15) is 0 Å². The minimum Gasteiger partial charge on any atom is -0.274 e. The minimum absolute atomic E-state index is 0.262. The van der Waals surface area contributed by atoms with Gasteiger partial charge in [0.1, 0.15) is 16.7 Å². The van der Waals surface area contributed by atoms with Crippen LogP contribution in [-0.2, 0) is 5.75 Å². The van der Waals surface area contributed by atoms with E-state index < -0.39 is 0 Å². The van der Waals surface area contributed by atoms with Crippen LogP contribution >= 0.6 is 39.5 Å². The van der Waals surface area contributed by atoms with Gasteiger partial charge in [-0.05, 0) is 55.4 Å². The molecule has 3 nitrogen and oxygen atoms in total. The van der Waals surface area contributed by atoms with Crippen LogP contribution in [0.5, 0.6) is 0 Å². The fourth-order valence-corrected chi connectivity index (χ4v) is 7.27. The van der Waals surface area contributed by atoms with Crippen LogP contribution in [0.25, 0.3) is 0 Å². The summed E-state index contributed by atoms with van der Waals surface area (Å²) in [5, 5.41) is 1.38. The standard InChI is InChI=1S/C23H24BrN3S2/c1-2-3-7-18-16-5-4-6-17(16)19-20-21(29-22(19)27-18)23(26-13-25-20)28-12-14-8-10-15(24)11-9-14/h8-11,13,19,22H,2-7,12H2,1H3. The van der Waals surface area contributed by atoms with Crippen molar-refractivity contribution in [2.75, 3.05) is 0 Å². The Morgan fingerprint density at radius 3 is 2.86 bits per heavy atom. The quantitative estimate of drug-likeness (QED) is 0.320. The van der Waals surface area contributed by atoms with E-state index in [1.165, 1.54) is 54.0 Å². The number of hydrogen-bond acceptors (Lipinski definition) is 5. The molecule has 2 aliphatic heterocycles. The van der Waals surface area contributed by atoms with Gasteiger partial charge >= 0.3 is 0 Å². The van der Waals surface area contributed by atoms with Gasteiger partial charge in [-0.25, -0.2) is 9.97 Å². The fourth-order valence-electron chi connectivity index (χ4n) is 4.53. The molecule has 5 rings (SSSR count). The second-order valence-electron chi connectivity index (χ2n) is 7.83. The summed E-state index contributed by atoms with van der Waals surface area (Å²) in [4.78, 5) is 15.9. The van der Waals surface area contributed by atoms with Crippen molar-refractivity contribution in [1.82, 2.24) is 9.97 Å². The molecular weight excluding hydrogens is 462 g/mol. The van der Waals surface area contributed by atoms with Crippen LogP contribution in [0.2, 0.25) is 0 Å². The number of dihydropyridines is 1. The zero-order valence-corrected chi connectivity index (χ0v) is 19.7. The van der Waals surface area contributed by atoms with Crippen molar-refractivity contribution >= 4 is 45.2 Å². The third-order valence-corrected chi connectivity index (χ3v) is 8.92. The first-order valence-corrected chi connectivity index (χ1v) is 13.1. The van der Waals surface area contributed by atoms with Crippen LogP contribution in [0, 0.1) is 0 Å². The number of unbranched alkanes of at least 4 members (excludes halogenated alkanes) is 1. The maximum absolute atomic E-state index is 5.25. The van der Waals surface area contributed by atoms with Crippen LogP contribution in [-0.4, -0.2) is 21.1 Å². The molecule has 6 heteroatoms. The normalized spacial score (nSPS) is 22.3. The molecule has 0 saturated heterocycles.